The molecule has 0 spiro atoms. The van der Waals surface area contributed by atoms with E-state index >= 15 is 0 Å². The quantitative estimate of drug-likeness (QED) is 0.326. The van der Waals surface area contributed by atoms with Crippen LogP contribution in [-0.4, -0.2) is 45.9 Å². The van der Waals surface area contributed by atoms with Gasteiger partial charge < -0.3 is 14.5 Å². The SMILES string of the molecule is O=C1NC(=O)C(c2cn(CCCN3CCCCC3)c3ccc(C(F)(F)F)cc23)=C1c1c[nH]c2ccccc12. The Morgan fingerprint density at radius 3 is 2.34 bits per heavy atom. The summed E-state index contributed by atoms with van der Waals surface area (Å²) in [6.07, 6.45) is 3.29. The van der Waals surface area contributed by atoms with Crippen molar-refractivity contribution in [3.05, 3.63) is 71.5 Å². The molecule has 0 atom stereocenters. The summed E-state index contributed by atoms with van der Waals surface area (Å²) in [5.74, 6) is -1.17. The van der Waals surface area contributed by atoms with Crippen LogP contribution in [-0.2, 0) is 22.3 Å². The van der Waals surface area contributed by atoms with Crippen LogP contribution in [0.1, 0.15) is 42.4 Å². The number of alkyl halides is 3. The number of rotatable bonds is 6. The minimum Gasteiger partial charge on any atom is -0.361 e. The van der Waals surface area contributed by atoms with Gasteiger partial charge in [0.25, 0.3) is 11.8 Å². The van der Waals surface area contributed by atoms with Crippen molar-refractivity contribution < 1.29 is 22.8 Å². The second kappa shape index (κ2) is 9.47. The van der Waals surface area contributed by atoms with Crippen molar-refractivity contribution in [1.82, 2.24) is 19.8 Å². The predicted octanol–water partition coefficient (Wildman–Crippen LogP) is 5.58. The summed E-state index contributed by atoms with van der Waals surface area (Å²) in [5.41, 5.74) is 1.72. The molecular weight excluding hydrogens is 493 g/mol. The number of benzene rings is 2. The first-order valence-corrected chi connectivity index (χ1v) is 12.9. The Hall–Kier alpha value is -3.85. The third-order valence-corrected chi connectivity index (χ3v) is 7.59. The summed E-state index contributed by atoms with van der Waals surface area (Å²) in [5, 5.41) is 3.43. The van der Waals surface area contributed by atoms with Gasteiger partial charge in [-0.1, -0.05) is 24.6 Å². The van der Waals surface area contributed by atoms with E-state index in [0.717, 1.165) is 49.1 Å². The average Bonchev–Trinajstić information content (AvgIpc) is 3.56. The third-order valence-electron chi connectivity index (χ3n) is 7.59. The van der Waals surface area contributed by atoms with E-state index in [0.29, 0.717) is 28.6 Å². The Morgan fingerprint density at radius 1 is 0.842 bits per heavy atom. The number of aryl methyl sites for hydroxylation is 1. The number of carbonyl (C=O) groups is 2. The number of imide groups is 1. The topological polar surface area (TPSA) is 70.1 Å². The van der Waals surface area contributed by atoms with Gasteiger partial charge in [0.15, 0.2) is 0 Å². The lowest BCUT2D eigenvalue weighted by atomic mass is 9.95. The van der Waals surface area contributed by atoms with E-state index in [1.165, 1.54) is 25.3 Å². The maximum absolute atomic E-state index is 13.7. The lowest BCUT2D eigenvalue weighted by molar-refractivity contribution is -0.137. The normalized spacial score (nSPS) is 17.2. The van der Waals surface area contributed by atoms with Gasteiger partial charge in [0.2, 0.25) is 0 Å². The zero-order chi connectivity index (χ0) is 26.4. The zero-order valence-electron chi connectivity index (χ0n) is 20.7. The van der Waals surface area contributed by atoms with E-state index in [9.17, 15) is 22.8 Å². The van der Waals surface area contributed by atoms with E-state index in [1.807, 2.05) is 28.8 Å². The molecule has 0 saturated carbocycles. The summed E-state index contributed by atoms with van der Waals surface area (Å²) in [6, 6.07) is 11.0. The number of hydrogen-bond donors (Lipinski definition) is 2. The molecule has 0 radical (unpaired) electrons. The van der Waals surface area contributed by atoms with Crippen molar-refractivity contribution in [3.63, 3.8) is 0 Å². The maximum atomic E-state index is 13.7. The van der Waals surface area contributed by atoms with Crippen LogP contribution in [0, 0.1) is 0 Å². The number of para-hydroxylation sites is 1. The van der Waals surface area contributed by atoms with E-state index in [2.05, 4.69) is 15.2 Å². The number of carbonyl (C=O) groups excluding carboxylic acids is 2. The number of nitrogens with one attached hydrogen (secondary N) is 2. The highest BCUT2D eigenvalue weighted by Gasteiger charge is 2.36. The van der Waals surface area contributed by atoms with E-state index in [4.69, 9.17) is 0 Å². The number of aromatic nitrogens is 2. The van der Waals surface area contributed by atoms with Crippen molar-refractivity contribution in [2.24, 2.45) is 0 Å². The number of likely N-dealkylation sites (tertiary alicyclic amines) is 1. The Labute approximate surface area is 217 Å². The zero-order valence-corrected chi connectivity index (χ0v) is 20.7. The molecule has 6 rings (SSSR count). The van der Waals surface area contributed by atoms with Gasteiger partial charge in [-0.25, -0.2) is 0 Å². The molecule has 0 bridgehead atoms. The van der Waals surface area contributed by atoms with Gasteiger partial charge in [-0.3, -0.25) is 14.9 Å². The summed E-state index contributed by atoms with van der Waals surface area (Å²) in [4.78, 5) is 31.7. The van der Waals surface area contributed by atoms with Crippen LogP contribution in [0.3, 0.4) is 0 Å². The molecule has 0 unspecified atom stereocenters. The van der Waals surface area contributed by atoms with Gasteiger partial charge in [0.1, 0.15) is 0 Å². The number of halogens is 3. The maximum Gasteiger partial charge on any atom is 0.416 e. The summed E-state index contributed by atoms with van der Waals surface area (Å²) in [7, 11) is 0. The van der Waals surface area contributed by atoms with Crippen LogP contribution in [0.4, 0.5) is 13.2 Å². The van der Waals surface area contributed by atoms with Crippen molar-refractivity contribution in [2.45, 2.75) is 38.4 Å². The Morgan fingerprint density at radius 2 is 1.58 bits per heavy atom. The number of H-pyrrole nitrogens is 1. The van der Waals surface area contributed by atoms with Crippen LogP contribution in [0.5, 0.6) is 0 Å². The molecule has 4 heterocycles. The van der Waals surface area contributed by atoms with Crippen LogP contribution >= 0.6 is 0 Å². The molecule has 4 aromatic rings. The van der Waals surface area contributed by atoms with Crippen LogP contribution in [0.15, 0.2) is 54.9 Å². The predicted molar refractivity (Wildman–Crippen MR) is 140 cm³/mol. The molecule has 1 saturated heterocycles. The fourth-order valence-corrected chi connectivity index (χ4v) is 5.75. The minimum atomic E-state index is -4.54. The van der Waals surface area contributed by atoms with Gasteiger partial charge in [-0.05, 0) is 63.2 Å². The molecule has 0 aliphatic carbocycles. The molecule has 1 fully saturated rings. The van der Waals surface area contributed by atoms with Crippen LogP contribution in [0.2, 0.25) is 0 Å². The molecule has 2 amide bonds. The molecule has 2 N–H and O–H groups in total. The fraction of sp³-hybridized carbons (Fsp3) is 0.310. The highest BCUT2D eigenvalue weighted by atomic mass is 19.4. The molecule has 6 nitrogen and oxygen atoms in total. The van der Waals surface area contributed by atoms with E-state index < -0.39 is 23.6 Å². The molecule has 2 aliphatic heterocycles. The highest BCUT2D eigenvalue weighted by molar-refractivity contribution is 6.50. The Kier molecular flexibility index (Phi) is 6.10. The minimum absolute atomic E-state index is 0.0962. The molecule has 2 aliphatic rings. The standard InChI is InChI=1S/C29H27F3N4O2/c30-29(31,32)18-9-10-24-20(15-18)22(17-36(24)14-6-13-35-11-4-1-5-12-35)26-25(27(37)34-28(26)38)21-16-33-23-8-3-2-7-19(21)23/h2-3,7-10,15-17,33H,1,4-6,11-14H2,(H,34,37,38). The number of amides is 2. The summed E-state index contributed by atoms with van der Waals surface area (Å²) < 4.78 is 43.0. The smallest absolute Gasteiger partial charge is 0.361 e. The second-order valence-corrected chi connectivity index (χ2v) is 10.0. The van der Waals surface area contributed by atoms with Crippen molar-refractivity contribution >= 4 is 44.8 Å². The summed E-state index contributed by atoms with van der Waals surface area (Å²) in [6.45, 7) is 3.62. The molecule has 2 aromatic heterocycles. The van der Waals surface area contributed by atoms with Crippen molar-refractivity contribution in [3.8, 4) is 0 Å². The lowest BCUT2D eigenvalue weighted by Crippen LogP contribution is -2.31. The molecule has 196 valence electrons. The fourth-order valence-electron chi connectivity index (χ4n) is 5.75. The Balaban J connectivity index is 1.48. The number of hydrogen-bond acceptors (Lipinski definition) is 3. The number of aromatic amines is 1. The lowest BCUT2D eigenvalue weighted by Gasteiger charge is -2.26. The van der Waals surface area contributed by atoms with E-state index in [1.54, 1.807) is 12.4 Å². The highest BCUT2D eigenvalue weighted by Crippen LogP contribution is 2.40. The largest absolute Gasteiger partial charge is 0.416 e. The summed E-state index contributed by atoms with van der Waals surface area (Å²) >= 11 is 0. The second-order valence-electron chi connectivity index (χ2n) is 10.0. The van der Waals surface area contributed by atoms with Gasteiger partial charge in [-0.15, -0.1) is 0 Å². The van der Waals surface area contributed by atoms with Gasteiger partial charge >= 0.3 is 6.18 Å². The van der Waals surface area contributed by atoms with Gasteiger partial charge in [0, 0.05) is 51.9 Å². The molecule has 9 heteroatoms. The monoisotopic (exact) mass is 520 g/mol. The molecule has 2 aromatic carbocycles. The van der Waals surface area contributed by atoms with Gasteiger partial charge in [-0.2, -0.15) is 13.2 Å². The van der Waals surface area contributed by atoms with Crippen molar-refractivity contribution in [2.75, 3.05) is 19.6 Å². The van der Waals surface area contributed by atoms with Crippen LogP contribution < -0.4 is 5.32 Å². The average molecular weight is 521 g/mol. The number of piperidine rings is 1. The molecule has 38 heavy (non-hydrogen) atoms. The first-order valence-electron chi connectivity index (χ1n) is 12.9. The Bertz CT molecular complexity index is 1590. The number of nitrogens with zero attached hydrogens (tertiary/aromatic N) is 2. The van der Waals surface area contributed by atoms with Crippen LogP contribution in [0.25, 0.3) is 33.0 Å². The molecular formula is C29H27F3N4O2. The van der Waals surface area contributed by atoms with Gasteiger partial charge in [0.05, 0.1) is 16.7 Å². The van der Waals surface area contributed by atoms with E-state index in [-0.39, 0.29) is 11.1 Å². The first-order chi connectivity index (χ1) is 18.3. The number of fused-ring (bicyclic) bond motifs is 2. The third kappa shape index (κ3) is 4.30. The van der Waals surface area contributed by atoms with Crippen molar-refractivity contribution in [1.29, 1.82) is 0 Å². The first kappa shape index (κ1) is 24.5.